The first-order valence-corrected chi connectivity index (χ1v) is 10.2. The van der Waals surface area contributed by atoms with Crippen molar-refractivity contribution in [1.82, 2.24) is 25.0 Å². The summed E-state index contributed by atoms with van der Waals surface area (Å²) in [4.78, 5) is 12.8. The van der Waals surface area contributed by atoms with E-state index in [2.05, 4.69) is 78.1 Å². The number of H-pyrrole nitrogens is 1. The molecule has 29 heavy (non-hydrogen) atoms. The van der Waals surface area contributed by atoms with E-state index >= 15 is 0 Å². The zero-order valence-corrected chi connectivity index (χ0v) is 17.3. The number of nitrogens with one attached hydrogen (secondary N) is 1. The standard InChI is InChI=1S/C23H26N6/c1-14-6-5-7-20(29-24-9-10-25-29)21(14)28-11-8-15(2)22(28)23-26-18-12-16(3)17(4)13-19(18)27-23/h5-7,9-10,12-13,15,22H,8,11H2,1-4H3,(H,26,27)/t15-,22-/m0/s1. The Kier molecular flexibility index (Phi) is 4.15. The summed E-state index contributed by atoms with van der Waals surface area (Å²) in [7, 11) is 0. The van der Waals surface area contributed by atoms with Crippen LogP contribution in [0, 0.1) is 26.7 Å². The van der Waals surface area contributed by atoms with Crippen molar-refractivity contribution in [2.24, 2.45) is 5.92 Å². The molecule has 2 atom stereocenters. The van der Waals surface area contributed by atoms with E-state index in [9.17, 15) is 0 Å². The molecule has 6 heteroatoms. The summed E-state index contributed by atoms with van der Waals surface area (Å²) in [5.41, 5.74) is 8.14. The van der Waals surface area contributed by atoms with Crippen LogP contribution in [0.25, 0.3) is 16.7 Å². The van der Waals surface area contributed by atoms with Gasteiger partial charge in [-0.3, -0.25) is 0 Å². The van der Waals surface area contributed by atoms with E-state index in [1.165, 1.54) is 22.4 Å². The lowest BCUT2D eigenvalue weighted by molar-refractivity contribution is 0.513. The summed E-state index contributed by atoms with van der Waals surface area (Å²) in [6, 6.07) is 10.9. The lowest BCUT2D eigenvalue weighted by atomic mass is 10.0. The Hall–Kier alpha value is -3.15. The zero-order valence-electron chi connectivity index (χ0n) is 17.3. The van der Waals surface area contributed by atoms with Crippen molar-refractivity contribution in [2.45, 2.75) is 40.2 Å². The molecule has 1 saturated heterocycles. The number of benzene rings is 2. The third-order valence-electron chi connectivity index (χ3n) is 6.23. The molecule has 0 radical (unpaired) electrons. The van der Waals surface area contributed by atoms with Gasteiger partial charge in [0.1, 0.15) is 11.5 Å². The Morgan fingerprint density at radius 1 is 1.00 bits per heavy atom. The number of para-hydroxylation sites is 1. The Balaban J connectivity index is 1.64. The Bertz CT molecular complexity index is 1130. The van der Waals surface area contributed by atoms with Crippen LogP contribution >= 0.6 is 0 Å². The molecule has 0 amide bonds. The number of aromatic nitrogens is 5. The van der Waals surface area contributed by atoms with Gasteiger partial charge in [0.05, 0.1) is 35.2 Å². The van der Waals surface area contributed by atoms with Crippen molar-refractivity contribution in [3.63, 3.8) is 0 Å². The van der Waals surface area contributed by atoms with E-state index in [0.29, 0.717) is 5.92 Å². The molecule has 1 fully saturated rings. The van der Waals surface area contributed by atoms with Gasteiger partial charge in [-0.1, -0.05) is 19.1 Å². The number of hydrogen-bond donors (Lipinski definition) is 1. The van der Waals surface area contributed by atoms with Gasteiger partial charge in [-0.25, -0.2) is 4.98 Å². The largest absolute Gasteiger partial charge is 0.359 e. The van der Waals surface area contributed by atoms with E-state index in [4.69, 9.17) is 4.98 Å². The van der Waals surface area contributed by atoms with Crippen LogP contribution in [0.2, 0.25) is 0 Å². The quantitative estimate of drug-likeness (QED) is 0.556. The van der Waals surface area contributed by atoms with Gasteiger partial charge in [0.15, 0.2) is 0 Å². The molecular formula is C23H26N6. The SMILES string of the molecule is Cc1cc2nc([C@@H]3[C@@H](C)CCN3c3c(C)cccc3-n3nccn3)[nH]c2cc1C. The van der Waals surface area contributed by atoms with E-state index in [1.54, 1.807) is 17.2 Å². The molecule has 148 valence electrons. The fourth-order valence-electron chi connectivity index (χ4n) is 4.56. The van der Waals surface area contributed by atoms with Crippen LogP contribution in [0.4, 0.5) is 5.69 Å². The molecule has 0 spiro atoms. The highest BCUT2D eigenvalue weighted by molar-refractivity contribution is 5.77. The third kappa shape index (κ3) is 2.90. The van der Waals surface area contributed by atoms with Crippen LogP contribution in [0.3, 0.4) is 0 Å². The number of fused-ring (bicyclic) bond motifs is 1. The predicted molar refractivity (Wildman–Crippen MR) is 116 cm³/mol. The molecule has 2 aromatic heterocycles. The molecule has 4 aromatic rings. The highest BCUT2D eigenvalue weighted by Crippen LogP contribution is 2.43. The molecule has 0 aliphatic carbocycles. The van der Waals surface area contributed by atoms with Crippen molar-refractivity contribution in [3.8, 4) is 5.69 Å². The van der Waals surface area contributed by atoms with E-state index in [0.717, 1.165) is 35.5 Å². The molecule has 1 aliphatic rings. The van der Waals surface area contributed by atoms with E-state index in [1.807, 2.05) is 0 Å². The van der Waals surface area contributed by atoms with Crippen molar-refractivity contribution >= 4 is 16.7 Å². The van der Waals surface area contributed by atoms with Gasteiger partial charge in [0, 0.05) is 6.54 Å². The van der Waals surface area contributed by atoms with Gasteiger partial charge >= 0.3 is 0 Å². The van der Waals surface area contributed by atoms with Crippen molar-refractivity contribution in [1.29, 1.82) is 0 Å². The number of imidazole rings is 1. The minimum absolute atomic E-state index is 0.193. The lowest BCUT2D eigenvalue weighted by Gasteiger charge is -2.30. The van der Waals surface area contributed by atoms with Crippen molar-refractivity contribution in [2.75, 3.05) is 11.4 Å². The number of aryl methyl sites for hydroxylation is 3. The first-order valence-electron chi connectivity index (χ1n) is 10.2. The molecule has 5 rings (SSSR count). The molecule has 2 aromatic carbocycles. The predicted octanol–water partition coefficient (Wildman–Crippen LogP) is 4.66. The number of rotatable bonds is 3. The molecule has 0 saturated carbocycles. The minimum atomic E-state index is 0.193. The second kappa shape index (κ2) is 6.72. The Labute approximate surface area is 170 Å². The van der Waals surface area contributed by atoms with Crippen molar-refractivity contribution in [3.05, 3.63) is 65.2 Å². The van der Waals surface area contributed by atoms with Crippen LogP contribution in [-0.2, 0) is 0 Å². The summed E-state index contributed by atoms with van der Waals surface area (Å²) in [6.07, 6.45) is 4.57. The van der Waals surface area contributed by atoms with Gasteiger partial charge in [-0.05, 0) is 68.0 Å². The van der Waals surface area contributed by atoms with Gasteiger partial charge in [-0.15, -0.1) is 4.80 Å². The van der Waals surface area contributed by atoms with Gasteiger partial charge in [0.2, 0.25) is 0 Å². The van der Waals surface area contributed by atoms with E-state index < -0.39 is 0 Å². The van der Waals surface area contributed by atoms with Crippen LogP contribution in [0.1, 0.15) is 41.9 Å². The van der Waals surface area contributed by atoms with Crippen LogP contribution < -0.4 is 4.90 Å². The summed E-state index contributed by atoms with van der Waals surface area (Å²) in [5, 5.41) is 8.77. The second-order valence-electron chi connectivity index (χ2n) is 8.24. The van der Waals surface area contributed by atoms with Gasteiger partial charge in [0.25, 0.3) is 0 Å². The minimum Gasteiger partial charge on any atom is -0.359 e. The smallest absolute Gasteiger partial charge is 0.130 e. The summed E-state index contributed by atoms with van der Waals surface area (Å²) in [5.74, 6) is 1.54. The fraction of sp³-hybridized carbons (Fsp3) is 0.348. The maximum absolute atomic E-state index is 5.01. The normalized spacial score (nSPS) is 19.4. The number of hydrogen-bond acceptors (Lipinski definition) is 4. The van der Waals surface area contributed by atoms with Crippen LogP contribution in [0.15, 0.2) is 42.7 Å². The van der Waals surface area contributed by atoms with Gasteiger partial charge < -0.3 is 9.88 Å². The summed E-state index contributed by atoms with van der Waals surface area (Å²) < 4.78 is 0. The topological polar surface area (TPSA) is 62.6 Å². The maximum atomic E-state index is 5.01. The molecule has 1 N–H and O–H groups in total. The second-order valence-corrected chi connectivity index (χ2v) is 8.24. The summed E-state index contributed by atoms with van der Waals surface area (Å²) >= 11 is 0. The molecule has 1 aliphatic heterocycles. The Morgan fingerprint density at radius 3 is 2.55 bits per heavy atom. The fourth-order valence-corrected chi connectivity index (χ4v) is 4.56. The van der Waals surface area contributed by atoms with Crippen LogP contribution in [-0.4, -0.2) is 31.5 Å². The molecular weight excluding hydrogens is 360 g/mol. The average Bonchev–Trinajstić information content (AvgIpc) is 3.42. The number of anilines is 1. The molecule has 0 bridgehead atoms. The third-order valence-corrected chi connectivity index (χ3v) is 6.23. The number of aromatic amines is 1. The highest BCUT2D eigenvalue weighted by atomic mass is 15.5. The van der Waals surface area contributed by atoms with Gasteiger partial charge in [-0.2, -0.15) is 10.2 Å². The monoisotopic (exact) mass is 386 g/mol. The molecule has 3 heterocycles. The maximum Gasteiger partial charge on any atom is 0.130 e. The Morgan fingerprint density at radius 2 is 1.76 bits per heavy atom. The molecule has 6 nitrogen and oxygen atoms in total. The number of nitrogens with zero attached hydrogens (tertiary/aromatic N) is 5. The summed E-state index contributed by atoms with van der Waals surface area (Å²) in [6.45, 7) is 9.76. The highest BCUT2D eigenvalue weighted by Gasteiger charge is 2.36. The van der Waals surface area contributed by atoms with Crippen molar-refractivity contribution < 1.29 is 0 Å². The average molecular weight is 387 g/mol. The lowest BCUT2D eigenvalue weighted by Crippen LogP contribution is -2.27. The van der Waals surface area contributed by atoms with E-state index in [-0.39, 0.29) is 6.04 Å². The molecule has 0 unspecified atom stereocenters. The first-order chi connectivity index (χ1) is 14.0. The first kappa shape index (κ1) is 17.9. The van der Waals surface area contributed by atoms with Crippen LogP contribution in [0.5, 0.6) is 0 Å². The zero-order chi connectivity index (χ0) is 20.1.